The SMILES string of the molecule is CC(=O)Oc1c(C)cc(Br)cc1C#N. The summed E-state index contributed by atoms with van der Waals surface area (Å²) >= 11 is 3.26. The van der Waals surface area contributed by atoms with E-state index in [-0.39, 0.29) is 0 Å². The van der Waals surface area contributed by atoms with Crippen LogP contribution in [0.1, 0.15) is 18.1 Å². The fourth-order valence-corrected chi connectivity index (χ4v) is 1.66. The molecule has 0 aliphatic heterocycles. The summed E-state index contributed by atoms with van der Waals surface area (Å²) in [6.07, 6.45) is 0. The van der Waals surface area contributed by atoms with E-state index in [2.05, 4.69) is 15.9 Å². The van der Waals surface area contributed by atoms with E-state index in [0.29, 0.717) is 11.3 Å². The van der Waals surface area contributed by atoms with Crippen molar-refractivity contribution in [3.05, 3.63) is 27.7 Å². The zero-order valence-electron chi connectivity index (χ0n) is 7.80. The van der Waals surface area contributed by atoms with Gasteiger partial charge >= 0.3 is 5.97 Å². The first-order valence-electron chi connectivity index (χ1n) is 3.93. The Morgan fingerprint density at radius 3 is 2.71 bits per heavy atom. The molecule has 0 radical (unpaired) electrons. The number of halogens is 1. The summed E-state index contributed by atoms with van der Waals surface area (Å²) in [5.41, 5.74) is 1.11. The van der Waals surface area contributed by atoms with Gasteiger partial charge in [0.1, 0.15) is 6.07 Å². The average Bonchev–Trinajstić information content (AvgIpc) is 2.08. The van der Waals surface area contributed by atoms with E-state index >= 15 is 0 Å². The molecule has 0 aliphatic rings. The number of nitriles is 1. The molecule has 72 valence electrons. The molecular weight excluding hydrogens is 246 g/mol. The molecule has 1 aromatic rings. The molecule has 0 fully saturated rings. The van der Waals surface area contributed by atoms with Gasteiger partial charge in [0.25, 0.3) is 0 Å². The second-order valence-electron chi connectivity index (χ2n) is 2.80. The lowest BCUT2D eigenvalue weighted by Crippen LogP contribution is -2.04. The van der Waals surface area contributed by atoms with Crippen LogP contribution in [0.25, 0.3) is 0 Å². The zero-order valence-corrected chi connectivity index (χ0v) is 9.38. The van der Waals surface area contributed by atoms with Crippen molar-refractivity contribution < 1.29 is 9.53 Å². The molecule has 4 heteroatoms. The molecule has 0 heterocycles. The Morgan fingerprint density at radius 2 is 2.21 bits per heavy atom. The summed E-state index contributed by atoms with van der Waals surface area (Å²) in [5.74, 6) is -0.0878. The fraction of sp³-hybridized carbons (Fsp3) is 0.200. The van der Waals surface area contributed by atoms with Crippen LogP contribution in [0, 0.1) is 18.3 Å². The lowest BCUT2D eigenvalue weighted by atomic mass is 10.1. The van der Waals surface area contributed by atoms with Crippen LogP contribution in [-0.4, -0.2) is 5.97 Å². The third kappa shape index (κ3) is 2.33. The van der Waals surface area contributed by atoms with Crippen LogP contribution >= 0.6 is 15.9 Å². The van der Waals surface area contributed by atoms with Crippen molar-refractivity contribution in [3.8, 4) is 11.8 Å². The minimum absolute atomic E-state index is 0.336. The Balaban J connectivity index is 3.27. The quantitative estimate of drug-likeness (QED) is 0.571. The molecule has 0 aliphatic carbocycles. The molecule has 14 heavy (non-hydrogen) atoms. The first-order valence-corrected chi connectivity index (χ1v) is 4.72. The normalized spacial score (nSPS) is 9.29. The average molecular weight is 254 g/mol. The summed E-state index contributed by atoms with van der Waals surface area (Å²) in [7, 11) is 0. The minimum atomic E-state index is -0.424. The standard InChI is InChI=1S/C10H8BrNO2/c1-6-3-9(11)4-8(5-12)10(6)14-7(2)13/h3-4H,1-2H3. The van der Waals surface area contributed by atoms with Crippen molar-refractivity contribution in [3.63, 3.8) is 0 Å². The number of carbonyl (C=O) groups is 1. The Bertz CT molecular complexity index is 421. The molecule has 0 saturated heterocycles. The summed E-state index contributed by atoms with van der Waals surface area (Å²) in [4.78, 5) is 10.8. The highest BCUT2D eigenvalue weighted by Gasteiger charge is 2.10. The van der Waals surface area contributed by atoms with E-state index in [1.54, 1.807) is 19.1 Å². The smallest absolute Gasteiger partial charge is 0.308 e. The van der Waals surface area contributed by atoms with Crippen LogP contribution in [-0.2, 0) is 4.79 Å². The first-order chi connectivity index (χ1) is 6.54. The Labute approximate surface area is 90.4 Å². The number of rotatable bonds is 1. The van der Waals surface area contributed by atoms with E-state index < -0.39 is 5.97 Å². The van der Waals surface area contributed by atoms with Crippen LogP contribution in [0.5, 0.6) is 5.75 Å². The Kier molecular flexibility index (Phi) is 3.26. The number of benzene rings is 1. The van der Waals surface area contributed by atoms with Gasteiger partial charge in [-0.05, 0) is 24.6 Å². The summed E-state index contributed by atoms with van der Waals surface area (Å²) < 4.78 is 5.73. The van der Waals surface area contributed by atoms with Gasteiger partial charge in [-0.25, -0.2) is 0 Å². The number of ether oxygens (including phenoxy) is 1. The summed E-state index contributed by atoms with van der Waals surface area (Å²) in [5, 5.41) is 8.82. The van der Waals surface area contributed by atoms with Crippen molar-refractivity contribution in [2.75, 3.05) is 0 Å². The van der Waals surface area contributed by atoms with Crippen molar-refractivity contribution in [2.45, 2.75) is 13.8 Å². The van der Waals surface area contributed by atoms with Gasteiger partial charge in [0.2, 0.25) is 0 Å². The maximum atomic E-state index is 10.8. The van der Waals surface area contributed by atoms with Gasteiger partial charge in [0.15, 0.2) is 5.75 Å². The van der Waals surface area contributed by atoms with E-state index in [0.717, 1.165) is 10.0 Å². The Hall–Kier alpha value is -1.34. The second-order valence-corrected chi connectivity index (χ2v) is 3.72. The molecule has 0 N–H and O–H groups in total. The lowest BCUT2D eigenvalue weighted by Gasteiger charge is -2.07. The first kappa shape index (κ1) is 10.7. The molecular formula is C10H8BrNO2. The number of carbonyl (C=O) groups excluding carboxylic acids is 1. The van der Waals surface area contributed by atoms with Crippen LogP contribution < -0.4 is 4.74 Å². The molecule has 0 spiro atoms. The molecule has 0 unspecified atom stereocenters. The van der Waals surface area contributed by atoms with Gasteiger partial charge < -0.3 is 4.74 Å². The molecule has 1 rings (SSSR count). The summed E-state index contributed by atoms with van der Waals surface area (Å²) in [6.45, 7) is 3.09. The fourth-order valence-electron chi connectivity index (χ4n) is 1.09. The van der Waals surface area contributed by atoms with Gasteiger partial charge in [-0.1, -0.05) is 15.9 Å². The van der Waals surface area contributed by atoms with Gasteiger partial charge in [0, 0.05) is 11.4 Å². The molecule has 0 amide bonds. The monoisotopic (exact) mass is 253 g/mol. The highest BCUT2D eigenvalue weighted by Crippen LogP contribution is 2.27. The van der Waals surface area contributed by atoms with Crippen molar-refractivity contribution in [1.29, 1.82) is 5.26 Å². The van der Waals surface area contributed by atoms with Gasteiger partial charge in [-0.3, -0.25) is 4.79 Å². The van der Waals surface area contributed by atoms with Crippen LogP contribution in [0.3, 0.4) is 0 Å². The maximum absolute atomic E-state index is 10.8. The van der Waals surface area contributed by atoms with E-state index in [1.165, 1.54) is 6.92 Å². The van der Waals surface area contributed by atoms with E-state index in [4.69, 9.17) is 10.00 Å². The van der Waals surface area contributed by atoms with Crippen LogP contribution in [0.15, 0.2) is 16.6 Å². The largest absolute Gasteiger partial charge is 0.425 e. The summed E-state index contributed by atoms with van der Waals surface area (Å²) in [6, 6.07) is 5.38. The predicted molar refractivity (Wildman–Crippen MR) is 54.9 cm³/mol. The zero-order chi connectivity index (χ0) is 10.7. The molecule has 0 bridgehead atoms. The van der Waals surface area contributed by atoms with E-state index in [1.807, 2.05) is 6.07 Å². The maximum Gasteiger partial charge on any atom is 0.308 e. The van der Waals surface area contributed by atoms with Crippen LogP contribution in [0.4, 0.5) is 0 Å². The predicted octanol–water partition coefficient (Wildman–Crippen LogP) is 2.55. The number of hydrogen-bond acceptors (Lipinski definition) is 3. The highest BCUT2D eigenvalue weighted by molar-refractivity contribution is 9.10. The topological polar surface area (TPSA) is 50.1 Å². The molecule has 3 nitrogen and oxygen atoms in total. The van der Waals surface area contributed by atoms with Gasteiger partial charge in [-0.15, -0.1) is 0 Å². The Morgan fingerprint density at radius 1 is 1.57 bits per heavy atom. The molecule has 0 saturated carbocycles. The molecule has 0 atom stereocenters. The van der Waals surface area contributed by atoms with Gasteiger partial charge in [0.05, 0.1) is 5.56 Å². The second kappa shape index (κ2) is 4.25. The van der Waals surface area contributed by atoms with Crippen molar-refractivity contribution in [1.82, 2.24) is 0 Å². The number of esters is 1. The van der Waals surface area contributed by atoms with Crippen molar-refractivity contribution in [2.24, 2.45) is 0 Å². The van der Waals surface area contributed by atoms with E-state index in [9.17, 15) is 4.79 Å². The van der Waals surface area contributed by atoms with Crippen LogP contribution in [0.2, 0.25) is 0 Å². The number of hydrogen-bond donors (Lipinski definition) is 0. The van der Waals surface area contributed by atoms with Crippen molar-refractivity contribution >= 4 is 21.9 Å². The third-order valence-corrected chi connectivity index (χ3v) is 2.06. The third-order valence-electron chi connectivity index (χ3n) is 1.61. The minimum Gasteiger partial charge on any atom is -0.425 e. The van der Waals surface area contributed by atoms with Gasteiger partial charge in [-0.2, -0.15) is 5.26 Å². The highest BCUT2D eigenvalue weighted by atomic mass is 79.9. The molecule has 1 aromatic carbocycles. The molecule has 0 aromatic heterocycles. The number of nitrogens with zero attached hydrogens (tertiary/aromatic N) is 1. The number of aryl methyl sites for hydroxylation is 1. The lowest BCUT2D eigenvalue weighted by molar-refractivity contribution is -0.131.